The van der Waals surface area contributed by atoms with Crippen LogP contribution in [0.15, 0.2) is 30.3 Å². The van der Waals surface area contributed by atoms with Crippen molar-refractivity contribution in [1.82, 2.24) is 20.4 Å². The molecular weight excluding hydrogens is 602 g/mol. The Kier molecular flexibility index (Phi) is 9.98. The zero-order valence-electron chi connectivity index (χ0n) is 28.0. The van der Waals surface area contributed by atoms with Gasteiger partial charge in [0.1, 0.15) is 12.1 Å². The summed E-state index contributed by atoms with van der Waals surface area (Å²) in [5.41, 5.74) is -0.846. The van der Waals surface area contributed by atoms with Crippen LogP contribution in [0.2, 0.25) is 0 Å². The Morgan fingerprint density at radius 2 is 1.68 bits per heavy atom. The number of amides is 5. The summed E-state index contributed by atoms with van der Waals surface area (Å²) in [6.07, 6.45) is 4.55. The Morgan fingerprint density at radius 1 is 1.02 bits per heavy atom. The summed E-state index contributed by atoms with van der Waals surface area (Å²) >= 11 is 0. The largest absolute Gasteiger partial charge is 0.465 e. The number of hydrogen-bond donors (Lipinski definition) is 3. The zero-order valence-corrected chi connectivity index (χ0v) is 28.0. The van der Waals surface area contributed by atoms with Gasteiger partial charge in [0.2, 0.25) is 23.5 Å². The van der Waals surface area contributed by atoms with Crippen LogP contribution in [0, 0.1) is 10.8 Å². The minimum Gasteiger partial charge on any atom is -0.465 e. The smallest absolute Gasteiger partial charge is 0.408 e. The summed E-state index contributed by atoms with van der Waals surface area (Å²) in [6, 6.07) is 5.68. The van der Waals surface area contributed by atoms with E-state index >= 15 is 0 Å². The lowest BCUT2D eigenvalue weighted by atomic mass is 9.83. The summed E-state index contributed by atoms with van der Waals surface area (Å²) in [5, 5.41) is 15.9. The maximum atomic E-state index is 14.8. The molecule has 5 rings (SSSR count). The highest BCUT2D eigenvalue weighted by Crippen LogP contribution is 2.46. The molecule has 47 heavy (non-hydrogen) atoms. The van der Waals surface area contributed by atoms with Gasteiger partial charge in [0, 0.05) is 42.7 Å². The van der Waals surface area contributed by atoms with Crippen molar-refractivity contribution < 1.29 is 33.9 Å². The monoisotopic (exact) mass is 651 g/mol. The standard InChI is InChI=1S/C35H49N5O7/c1-5-11-25(28(42)31(44)36-22-16-17-22)37-30(43)26-18-35(19-27(41)38(20-35)23-12-7-6-8-13-23)21-39(26)32(45)29(34(2,3)4)40(33(46)47)24-14-9-10-15-24/h6-8,12-13,22,24-26,29H,5,9-11,14-21H2,1-4H3,(H,36,44)(H,37,43)(H,46,47)/t25?,26-,29+,35-/m0/s1. The van der Waals surface area contributed by atoms with E-state index in [1.807, 2.05) is 58.0 Å². The fourth-order valence-electron chi connectivity index (χ4n) is 7.70. The average Bonchev–Trinajstić information content (AvgIpc) is 3.38. The summed E-state index contributed by atoms with van der Waals surface area (Å²) in [5.74, 6) is -2.65. The molecule has 1 unspecified atom stereocenters. The predicted octanol–water partition coefficient (Wildman–Crippen LogP) is 3.48. The van der Waals surface area contributed by atoms with E-state index in [4.69, 9.17) is 0 Å². The van der Waals surface area contributed by atoms with Gasteiger partial charge in [0.15, 0.2) is 0 Å². The van der Waals surface area contributed by atoms with E-state index < -0.39 is 58.6 Å². The maximum absolute atomic E-state index is 14.8. The molecule has 2 saturated carbocycles. The van der Waals surface area contributed by atoms with Gasteiger partial charge in [-0.2, -0.15) is 0 Å². The molecule has 1 aromatic rings. The van der Waals surface area contributed by atoms with Gasteiger partial charge in [-0.3, -0.25) is 28.9 Å². The molecule has 0 bridgehead atoms. The minimum absolute atomic E-state index is 0.0222. The molecular formula is C35H49N5O7. The molecule has 3 N–H and O–H groups in total. The van der Waals surface area contributed by atoms with Crippen LogP contribution in [-0.4, -0.2) is 93.7 Å². The second kappa shape index (κ2) is 13.6. The third-order valence-electron chi connectivity index (χ3n) is 10.1. The molecule has 1 spiro atoms. The van der Waals surface area contributed by atoms with Crippen LogP contribution in [0.3, 0.4) is 0 Å². The first kappa shape index (κ1) is 34.4. The van der Waals surface area contributed by atoms with E-state index in [9.17, 15) is 33.9 Å². The first-order valence-electron chi connectivity index (χ1n) is 17.1. The Morgan fingerprint density at radius 3 is 2.26 bits per heavy atom. The number of carboxylic acid groups (broad SMARTS) is 1. The summed E-state index contributed by atoms with van der Waals surface area (Å²) in [6.45, 7) is 7.70. The number of rotatable bonds is 11. The number of nitrogens with zero attached hydrogens (tertiary/aromatic N) is 3. The van der Waals surface area contributed by atoms with Crippen LogP contribution >= 0.6 is 0 Å². The third-order valence-corrected chi connectivity index (χ3v) is 10.1. The van der Waals surface area contributed by atoms with Crippen LogP contribution in [0.5, 0.6) is 0 Å². The van der Waals surface area contributed by atoms with Gasteiger partial charge in [-0.05, 0) is 56.1 Å². The Balaban J connectivity index is 1.47. The average molecular weight is 652 g/mol. The first-order valence-corrected chi connectivity index (χ1v) is 17.1. The van der Waals surface area contributed by atoms with Crippen molar-refractivity contribution in [3.63, 3.8) is 0 Å². The van der Waals surface area contributed by atoms with Crippen LogP contribution < -0.4 is 15.5 Å². The van der Waals surface area contributed by atoms with Gasteiger partial charge in [-0.15, -0.1) is 0 Å². The van der Waals surface area contributed by atoms with E-state index in [0.717, 1.165) is 31.4 Å². The Hall–Kier alpha value is -3.96. The van der Waals surface area contributed by atoms with Gasteiger partial charge in [-0.1, -0.05) is 65.2 Å². The molecule has 4 atom stereocenters. The third kappa shape index (κ3) is 7.46. The predicted molar refractivity (Wildman–Crippen MR) is 174 cm³/mol. The molecule has 2 aliphatic heterocycles. The van der Waals surface area contributed by atoms with Gasteiger partial charge in [0.05, 0.1) is 6.04 Å². The lowest BCUT2D eigenvalue weighted by Gasteiger charge is -2.43. The Labute approximate surface area is 276 Å². The van der Waals surface area contributed by atoms with Gasteiger partial charge in [0.25, 0.3) is 5.91 Å². The highest BCUT2D eigenvalue weighted by Gasteiger charge is 2.57. The molecule has 5 amide bonds. The van der Waals surface area contributed by atoms with Crippen molar-refractivity contribution in [2.45, 2.75) is 122 Å². The number of ketones is 1. The van der Waals surface area contributed by atoms with Crippen molar-refractivity contribution in [3.05, 3.63) is 30.3 Å². The Bertz CT molecular complexity index is 1380. The molecule has 2 heterocycles. The van der Waals surface area contributed by atoms with Gasteiger partial charge in [-0.25, -0.2) is 4.79 Å². The maximum Gasteiger partial charge on any atom is 0.408 e. The van der Waals surface area contributed by atoms with Crippen LogP contribution in [0.25, 0.3) is 0 Å². The van der Waals surface area contributed by atoms with Crippen LogP contribution in [0.4, 0.5) is 10.5 Å². The molecule has 1 aromatic carbocycles. The molecule has 12 heteroatoms. The van der Waals surface area contributed by atoms with E-state index in [1.54, 1.807) is 4.90 Å². The van der Waals surface area contributed by atoms with Gasteiger partial charge < -0.3 is 25.5 Å². The normalized spacial score (nSPS) is 24.3. The number of Topliss-reactive ketones (excluding diaryl/α,β-unsaturated/α-hetero) is 1. The molecule has 2 saturated heterocycles. The van der Waals surface area contributed by atoms with Gasteiger partial charge >= 0.3 is 6.09 Å². The van der Waals surface area contributed by atoms with Crippen molar-refractivity contribution in [3.8, 4) is 0 Å². The first-order chi connectivity index (χ1) is 22.2. The summed E-state index contributed by atoms with van der Waals surface area (Å²) in [7, 11) is 0. The lowest BCUT2D eigenvalue weighted by molar-refractivity contribution is -0.147. The topological polar surface area (TPSA) is 156 Å². The number of para-hydroxylation sites is 1. The highest BCUT2D eigenvalue weighted by molar-refractivity contribution is 6.38. The number of likely N-dealkylation sites (tertiary alicyclic amines) is 1. The van der Waals surface area contributed by atoms with Crippen molar-refractivity contribution in [1.29, 1.82) is 0 Å². The van der Waals surface area contributed by atoms with E-state index in [0.29, 0.717) is 19.3 Å². The molecule has 12 nitrogen and oxygen atoms in total. The number of anilines is 1. The fraction of sp³-hybridized carbons (Fsp3) is 0.657. The number of nitrogens with one attached hydrogen (secondary N) is 2. The molecule has 2 aliphatic carbocycles. The zero-order chi connectivity index (χ0) is 34.1. The quantitative estimate of drug-likeness (QED) is 0.309. The second-order valence-electron chi connectivity index (χ2n) is 15.0. The number of carbonyl (C=O) groups is 6. The second-order valence-corrected chi connectivity index (χ2v) is 15.0. The van der Waals surface area contributed by atoms with Crippen molar-refractivity contribution in [2.24, 2.45) is 10.8 Å². The molecule has 256 valence electrons. The fourth-order valence-corrected chi connectivity index (χ4v) is 7.70. The van der Waals surface area contributed by atoms with E-state index in [-0.39, 0.29) is 50.3 Å². The number of benzene rings is 1. The highest BCUT2D eigenvalue weighted by atomic mass is 16.4. The molecule has 0 radical (unpaired) electrons. The number of carbonyl (C=O) groups excluding carboxylic acids is 5. The molecule has 0 aromatic heterocycles. The van der Waals surface area contributed by atoms with Crippen LogP contribution in [-0.2, 0) is 24.0 Å². The molecule has 4 aliphatic rings. The summed E-state index contributed by atoms with van der Waals surface area (Å²) in [4.78, 5) is 85.5. The van der Waals surface area contributed by atoms with Crippen LogP contribution in [0.1, 0.15) is 91.9 Å². The van der Waals surface area contributed by atoms with Crippen molar-refractivity contribution >= 4 is 41.2 Å². The SMILES string of the molecule is CCCC(NC(=O)[C@@H]1C[C@@]2(CC(=O)N(c3ccccc3)C2)CN1C(=O)[C@@H](N(C(=O)O)C1CCCC1)C(C)(C)C)C(=O)C(=O)NC1CC1. The number of hydrogen-bond acceptors (Lipinski definition) is 6. The molecule has 4 fully saturated rings. The van der Waals surface area contributed by atoms with E-state index in [1.165, 1.54) is 9.80 Å². The van der Waals surface area contributed by atoms with E-state index in [2.05, 4.69) is 10.6 Å². The summed E-state index contributed by atoms with van der Waals surface area (Å²) < 4.78 is 0. The van der Waals surface area contributed by atoms with Crippen molar-refractivity contribution in [2.75, 3.05) is 18.0 Å². The minimum atomic E-state index is -1.18. The lowest BCUT2D eigenvalue weighted by Crippen LogP contribution is -2.61.